The van der Waals surface area contributed by atoms with Crippen LogP contribution in [0, 0.1) is 5.92 Å². The Kier molecular flexibility index (Phi) is 2.61. The summed E-state index contributed by atoms with van der Waals surface area (Å²) in [6, 6.07) is 10.5. The molecule has 116 valence electrons. The van der Waals surface area contributed by atoms with Crippen LogP contribution in [0.1, 0.15) is 35.9 Å². The molecule has 23 heavy (non-hydrogen) atoms. The van der Waals surface area contributed by atoms with Gasteiger partial charge in [-0.3, -0.25) is 5.10 Å². The molecule has 0 saturated heterocycles. The third-order valence-electron chi connectivity index (χ3n) is 5.85. The maximum absolute atomic E-state index is 5.44. The minimum absolute atomic E-state index is 0.103. The number of fused-ring (bicyclic) bond motifs is 4. The zero-order valence-electron chi connectivity index (χ0n) is 13.2. The Bertz CT molecular complexity index is 864. The molecule has 2 aromatic heterocycles. The molecule has 0 saturated carbocycles. The molecule has 0 aliphatic heterocycles. The molecule has 3 aromatic rings. The van der Waals surface area contributed by atoms with Crippen LogP contribution >= 0.6 is 0 Å². The standard InChI is InChI=1S/C19H19N3O/c1-19-10-13-11-20-23-16(13)9-14(19)7-8-15-17(21-22-18(15)19)12-5-3-2-4-6-12/h2-6,11,14H,7-10H2,1H3,(H,21,22). The van der Waals surface area contributed by atoms with Gasteiger partial charge in [0.1, 0.15) is 5.76 Å². The van der Waals surface area contributed by atoms with Crippen molar-refractivity contribution in [3.63, 3.8) is 0 Å². The van der Waals surface area contributed by atoms with Gasteiger partial charge in [0.05, 0.1) is 11.9 Å². The fourth-order valence-corrected chi connectivity index (χ4v) is 4.53. The van der Waals surface area contributed by atoms with Crippen molar-refractivity contribution in [2.75, 3.05) is 0 Å². The second-order valence-corrected chi connectivity index (χ2v) is 7.10. The minimum atomic E-state index is 0.103. The molecule has 5 rings (SSSR count). The van der Waals surface area contributed by atoms with Gasteiger partial charge < -0.3 is 4.52 Å². The summed E-state index contributed by atoms with van der Waals surface area (Å²) in [5.41, 5.74) is 6.40. The van der Waals surface area contributed by atoms with Crippen molar-refractivity contribution >= 4 is 0 Å². The van der Waals surface area contributed by atoms with E-state index in [1.807, 2.05) is 6.20 Å². The van der Waals surface area contributed by atoms with Gasteiger partial charge in [0.15, 0.2) is 0 Å². The van der Waals surface area contributed by atoms with Gasteiger partial charge in [-0.2, -0.15) is 5.10 Å². The van der Waals surface area contributed by atoms with Crippen LogP contribution in [0.4, 0.5) is 0 Å². The molecule has 2 unspecified atom stereocenters. The van der Waals surface area contributed by atoms with Gasteiger partial charge in [-0.05, 0) is 25.2 Å². The third kappa shape index (κ3) is 1.78. The van der Waals surface area contributed by atoms with Gasteiger partial charge in [0, 0.05) is 34.2 Å². The molecule has 0 spiro atoms. The first-order valence-electron chi connectivity index (χ1n) is 8.31. The lowest BCUT2D eigenvalue weighted by molar-refractivity contribution is 0.207. The molecule has 4 nitrogen and oxygen atoms in total. The molecule has 1 aromatic carbocycles. The van der Waals surface area contributed by atoms with Gasteiger partial charge in [0.2, 0.25) is 0 Å². The number of rotatable bonds is 1. The number of nitrogens with one attached hydrogen (secondary N) is 1. The highest BCUT2D eigenvalue weighted by Gasteiger charge is 2.47. The van der Waals surface area contributed by atoms with E-state index in [1.54, 1.807) is 0 Å². The van der Waals surface area contributed by atoms with Gasteiger partial charge in [-0.25, -0.2) is 0 Å². The highest BCUT2D eigenvalue weighted by molar-refractivity contribution is 5.65. The Morgan fingerprint density at radius 3 is 3.00 bits per heavy atom. The molecule has 0 bridgehead atoms. The van der Waals surface area contributed by atoms with E-state index in [0.29, 0.717) is 5.92 Å². The Balaban J connectivity index is 1.63. The number of aromatic amines is 1. The molecular formula is C19H19N3O. The van der Waals surface area contributed by atoms with Gasteiger partial charge in [-0.1, -0.05) is 42.4 Å². The van der Waals surface area contributed by atoms with E-state index in [2.05, 4.69) is 52.6 Å². The largest absolute Gasteiger partial charge is 0.361 e. The average Bonchev–Trinajstić information content (AvgIpc) is 3.19. The average molecular weight is 305 g/mol. The Morgan fingerprint density at radius 1 is 1.26 bits per heavy atom. The predicted octanol–water partition coefficient (Wildman–Crippen LogP) is 3.68. The summed E-state index contributed by atoms with van der Waals surface area (Å²) in [6.07, 6.45) is 6.13. The third-order valence-corrected chi connectivity index (χ3v) is 5.85. The lowest BCUT2D eigenvalue weighted by Gasteiger charge is -2.43. The number of benzene rings is 1. The summed E-state index contributed by atoms with van der Waals surface area (Å²) in [6.45, 7) is 2.37. The maximum atomic E-state index is 5.44. The van der Waals surface area contributed by atoms with Gasteiger partial charge in [0.25, 0.3) is 0 Å². The van der Waals surface area contributed by atoms with Crippen molar-refractivity contribution in [3.05, 3.63) is 59.1 Å². The molecular weight excluding hydrogens is 286 g/mol. The first-order chi connectivity index (χ1) is 11.3. The number of nitrogens with zero attached hydrogens (tertiary/aromatic N) is 2. The van der Waals surface area contributed by atoms with Gasteiger partial charge in [-0.15, -0.1) is 0 Å². The Morgan fingerprint density at radius 2 is 2.13 bits per heavy atom. The van der Waals surface area contributed by atoms with E-state index in [4.69, 9.17) is 4.52 Å². The highest BCUT2D eigenvalue weighted by atomic mass is 16.5. The van der Waals surface area contributed by atoms with E-state index in [-0.39, 0.29) is 5.41 Å². The summed E-state index contributed by atoms with van der Waals surface area (Å²) in [5.74, 6) is 1.68. The van der Waals surface area contributed by atoms with E-state index in [0.717, 1.165) is 30.7 Å². The molecule has 1 N–H and O–H groups in total. The first-order valence-corrected chi connectivity index (χ1v) is 8.31. The topological polar surface area (TPSA) is 54.7 Å². The summed E-state index contributed by atoms with van der Waals surface area (Å²) >= 11 is 0. The van der Waals surface area contributed by atoms with Crippen molar-refractivity contribution in [1.82, 2.24) is 15.4 Å². The molecule has 2 aliphatic rings. The van der Waals surface area contributed by atoms with Crippen LogP contribution in [0.3, 0.4) is 0 Å². The molecule has 2 heterocycles. The van der Waals surface area contributed by atoms with Crippen LogP contribution in [0.5, 0.6) is 0 Å². The number of hydrogen-bond donors (Lipinski definition) is 1. The first kappa shape index (κ1) is 13.1. The van der Waals surface area contributed by atoms with Crippen molar-refractivity contribution in [1.29, 1.82) is 0 Å². The quantitative estimate of drug-likeness (QED) is 0.746. The van der Waals surface area contributed by atoms with Gasteiger partial charge >= 0.3 is 0 Å². The number of H-pyrrole nitrogens is 1. The Hall–Kier alpha value is -2.36. The van der Waals surface area contributed by atoms with E-state index < -0.39 is 0 Å². The number of hydrogen-bond acceptors (Lipinski definition) is 3. The lowest BCUT2D eigenvalue weighted by atomic mass is 9.60. The van der Waals surface area contributed by atoms with Crippen molar-refractivity contribution in [3.8, 4) is 11.3 Å². The molecule has 0 radical (unpaired) electrons. The van der Waals surface area contributed by atoms with Crippen LogP contribution < -0.4 is 0 Å². The van der Waals surface area contributed by atoms with Crippen LogP contribution in [-0.4, -0.2) is 15.4 Å². The summed E-state index contributed by atoms with van der Waals surface area (Å²) in [7, 11) is 0. The smallest absolute Gasteiger partial charge is 0.140 e. The molecule has 4 heteroatoms. The van der Waals surface area contributed by atoms with Crippen LogP contribution in [0.2, 0.25) is 0 Å². The van der Waals surface area contributed by atoms with E-state index >= 15 is 0 Å². The monoisotopic (exact) mass is 305 g/mol. The molecule has 2 atom stereocenters. The summed E-state index contributed by atoms with van der Waals surface area (Å²) < 4.78 is 5.44. The highest BCUT2D eigenvalue weighted by Crippen LogP contribution is 2.49. The van der Waals surface area contributed by atoms with Crippen LogP contribution in [-0.2, 0) is 24.7 Å². The minimum Gasteiger partial charge on any atom is -0.361 e. The maximum Gasteiger partial charge on any atom is 0.140 e. The SMILES string of the molecule is CC12Cc3cnoc3CC1CCc1c(-c3ccccc3)n[nH]c12. The van der Waals surface area contributed by atoms with Crippen molar-refractivity contribution in [2.45, 2.75) is 38.0 Å². The molecule has 0 fully saturated rings. The zero-order valence-corrected chi connectivity index (χ0v) is 13.2. The fourth-order valence-electron chi connectivity index (χ4n) is 4.53. The van der Waals surface area contributed by atoms with E-state index in [1.165, 1.54) is 28.8 Å². The molecule has 2 aliphatic carbocycles. The predicted molar refractivity (Wildman–Crippen MR) is 87.1 cm³/mol. The summed E-state index contributed by atoms with van der Waals surface area (Å²) in [4.78, 5) is 0. The second kappa shape index (κ2) is 4.57. The van der Waals surface area contributed by atoms with Crippen LogP contribution in [0.15, 0.2) is 41.1 Å². The van der Waals surface area contributed by atoms with Crippen LogP contribution in [0.25, 0.3) is 11.3 Å². The zero-order chi connectivity index (χ0) is 15.4. The number of aromatic nitrogens is 3. The van der Waals surface area contributed by atoms with Crippen molar-refractivity contribution < 1.29 is 4.52 Å². The second-order valence-electron chi connectivity index (χ2n) is 7.10. The summed E-state index contributed by atoms with van der Waals surface area (Å²) in [5, 5.41) is 12.1. The molecule has 0 amide bonds. The van der Waals surface area contributed by atoms with E-state index in [9.17, 15) is 0 Å². The van der Waals surface area contributed by atoms with Crippen molar-refractivity contribution in [2.24, 2.45) is 5.92 Å². The normalized spacial score (nSPS) is 25.5. The fraction of sp³-hybridized carbons (Fsp3) is 0.368. The lowest BCUT2D eigenvalue weighted by Crippen LogP contribution is -2.42. The Labute approximate surface area is 134 Å².